The van der Waals surface area contributed by atoms with E-state index < -0.39 is 6.09 Å². The zero-order chi connectivity index (χ0) is 17.9. The fourth-order valence-corrected chi connectivity index (χ4v) is 2.16. The van der Waals surface area contributed by atoms with Crippen molar-refractivity contribution in [2.75, 3.05) is 13.2 Å². The normalized spacial score (nSPS) is 12.2. The summed E-state index contributed by atoms with van der Waals surface area (Å²) in [4.78, 5) is 23.4. The third kappa shape index (κ3) is 7.76. The second kappa shape index (κ2) is 10.4. The predicted octanol–water partition coefficient (Wildman–Crippen LogP) is 3.12. The lowest BCUT2D eigenvalue weighted by atomic mass is 10.0. The van der Waals surface area contributed by atoms with Crippen molar-refractivity contribution in [3.8, 4) is 0 Å². The minimum Gasteiger partial charge on any atom is -0.450 e. The van der Waals surface area contributed by atoms with Gasteiger partial charge in [0.05, 0.1) is 6.61 Å². The Balaban J connectivity index is 2.54. The SMILES string of the molecule is CCOC(=O)NC(CNC(=O)/C=C/c1ccccc1F)CC(C)C. The van der Waals surface area contributed by atoms with Gasteiger partial charge in [-0.3, -0.25) is 4.79 Å². The standard InChI is InChI=1S/C18H25FN2O3/c1-4-24-18(23)21-15(11-13(2)3)12-20-17(22)10-9-14-7-5-6-8-16(14)19/h5-10,13,15H,4,11-12H2,1-3H3,(H,20,22)(H,21,23)/b10-9+. The van der Waals surface area contributed by atoms with Crippen molar-refractivity contribution < 1.29 is 18.7 Å². The third-order valence-electron chi connectivity index (χ3n) is 3.20. The number of carbonyl (C=O) groups excluding carboxylic acids is 2. The molecule has 0 aliphatic rings. The van der Waals surface area contributed by atoms with Crippen LogP contribution in [0.1, 0.15) is 32.8 Å². The largest absolute Gasteiger partial charge is 0.450 e. The van der Waals surface area contributed by atoms with Crippen LogP contribution in [0.4, 0.5) is 9.18 Å². The fourth-order valence-electron chi connectivity index (χ4n) is 2.16. The van der Waals surface area contributed by atoms with Gasteiger partial charge in [0.15, 0.2) is 0 Å². The van der Waals surface area contributed by atoms with E-state index in [-0.39, 0.29) is 30.9 Å². The third-order valence-corrected chi connectivity index (χ3v) is 3.20. The lowest BCUT2D eigenvalue weighted by Crippen LogP contribution is -2.44. The molecule has 2 N–H and O–H groups in total. The molecule has 0 aliphatic heterocycles. The highest BCUT2D eigenvalue weighted by Gasteiger charge is 2.15. The summed E-state index contributed by atoms with van der Waals surface area (Å²) >= 11 is 0. The highest BCUT2D eigenvalue weighted by molar-refractivity contribution is 5.91. The quantitative estimate of drug-likeness (QED) is 0.717. The van der Waals surface area contributed by atoms with Crippen LogP contribution >= 0.6 is 0 Å². The van der Waals surface area contributed by atoms with Crippen molar-refractivity contribution in [3.63, 3.8) is 0 Å². The molecule has 5 nitrogen and oxygen atoms in total. The molecule has 0 saturated heterocycles. The maximum absolute atomic E-state index is 13.5. The fraction of sp³-hybridized carbons (Fsp3) is 0.444. The first kappa shape index (κ1) is 19.7. The van der Waals surface area contributed by atoms with Crippen molar-refractivity contribution in [2.45, 2.75) is 33.2 Å². The van der Waals surface area contributed by atoms with E-state index in [1.807, 2.05) is 13.8 Å². The summed E-state index contributed by atoms with van der Waals surface area (Å²) in [6, 6.07) is 5.98. The van der Waals surface area contributed by atoms with Gasteiger partial charge in [-0.2, -0.15) is 0 Å². The average Bonchev–Trinajstić information content (AvgIpc) is 2.51. The van der Waals surface area contributed by atoms with Gasteiger partial charge in [0.25, 0.3) is 0 Å². The van der Waals surface area contributed by atoms with Crippen LogP contribution in [0.25, 0.3) is 6.08 Å². The lowest BCUT2D eigenvalue weighted by Gasteiger charge is -2.20. The smallest absolute Gasteiger partial charge is 0.407 e. The Kier molecular flexibility index (Phi) is 8.54. The van der Waals surface area contributed by atoms with Crippen molar-refractivity contribution in [1.29, 1.82) is 0 Å². The maximum Gasteiger partial charge on any atom is 0.407 e. The molecule has 24 heavy (non-hydrogen) atoms. The van der Waals surface area contributed by atoms with Gasteiger partial charge in [0, 0.05) is 24.2 Å². The maximum atomic E-state index is 13.5. The van der Waals surface area contributed by atoms with E-state index in [2.05, 4.69) is 10.6 Å². The highest BCUT2D eigenvalue weighted by atomic mass is 19.1. The Labute approximate surface area is 142 Å². The molecule has 0 spiro atoms. The summed E-state index contributed by atoms with van der Waals surface area (Å²) in [6.45, 7) is 6.35. The summed E-state index contributed by atoms with van der Waals surface area (Å²) in [5, 5.41) is 5.43. The molecule has 0 radical (unpaired) electrons. The molecule has 0 aromatic heterocycles. The molecule has 1 unspecified atom stereocenters. The highest BCUT2D eigenvalue weighted by Crippen LogP contribution is 2.08. The van der Waals surface area contributed by atoms with Gasteiger partial charge in [0.1, 0.15) is 5.82 Å². The van der Waals surface area contributed by atoms with Gasteiger partial charge < -0.3 is 15.4 Å². The van der Waals surface area contributed by atoms with E-state index in [1.54, 1.807) is 25.1 Å². The summed E-state index contributed by atoms with van der Waals surface area (Å²) in [6.07, 6.45) is 2.89. The van der Waals surface area contributed by atoms with Crippen LogP contribution in [0, 0.1) is 11.7 Å². The molecular formula is C18H25FN2O3. The molecule has 132 valence electrons. The Morgan fingerprint density at radius 1 is 1.29 bits per heavy atom. The minimum atomic E-state index is -0.501. The van der Waals surface area contributed by atoms with Gasteiger partial charge in [-0.15, -0.1) is 0 Å². The molecule has 2 amide bonds. The summed E-state index contributed by atoms with van der Waals surface area (Å²) in [5.41, 5.74) is 0.344. The number of hydrogen-bond acceptors (Lipinski definition) is 3. The minimum absolute atomic E-state index is 0.227. The van der Waals surface area contributed by atoms with Crippen LogP contribution in [0.3, 0.4) is 0 Å². The van der Waals surface area contributed by atoms with E-state index >= 15 is 0 Å². The second-order valence-corrected chi connectivity index (χ2v) is 5.79. The Bertz CT molecular complexity index is 573. The molecule has 0 aliphatic carbocycles. The van der Waals surface area contributed by atoms with Gasteiger partial charge in [0.2, 0.25) is 5.91 Å². The topological polar surface area (TPSA) is 67.4 Å². The van der Waals surface area contributed by atoms with E-state index in [0.29, 0.717) is 17.9 Å². The number of carbonyl (C=O) groups is 2. The zero-order valence-electron chi connectivity index (χ0n) is 14.3. The van der Waals surface area contributed by atoms with E-state index in [9.17, 15) is 14.0 Å². The van der Waals surface area contributed by atoms with Crippen LogP contribution in [-0.2, 0) is 9.53 Å². The first-order valence-corrected chi connectivity index (χ1v) is 8.06. The summed E-state index contributed by atoms with van der Waals surface area (Å²) in [5.74, 6) is -0.385. The van der Waals surface area contributed by atoms with E-state index in [1.165, 1.54) is 18.2 Å². The summed E-state index contributed by atoms with van der Waals surface area (Å²) in [7, 11) is 0. The van der Waals surface area contributed by atoms with Crippen molar-refractivity contribution in [2.24, 2.45) is 5.92 Å². The molecule has 1 rings (SSSR count). The predicted molar refractivity (Wildman–Crippen MR) is 91.8 cm³/mol. The number of alkyl carbamates (subject to hydrolysis) is 1. The van der Waals surface area contributed by atoms with Gasteiger partial charge >= 0.3 is 6.09 Å². The number of nitrogens with one attached hydrogen (secondary N) is 2. The zero-order valence-corrected chi connectivity index (χ0v) is 14.3. The van der Waals surface area contributed by atoms with Crippen LogP contribution in [-0.4, -0.2) is 31.2 Å². The van der Waals surface area contributed by atoms with E-state index in [0.717, 1.165) is 0 Å². The van der Waals surface area contributed by atoms with Crippen LogP contribution in [0.5, 0.6) is 0 Å². The number of amides is 2. The molecule has 1 aromatic rings. The van der Waals surface area contributed by atoms with Crippen LogP contribution in [0.15, 0.2) is 30.3 Å². The Morgan fingerprint density at radius 2 is 2.00 bits per heavy atom. The molecule has 0 fully saturated rings. The molecule has 6 heteroatoms. The van der Waals surface area contributed by atoms with Crippen molar-refractivity contribution >= 4 is 18.1 Å². The number of benzene rings is 1. The molecule has 1 aromatic carbocycles. The molecule has 0 saturated carbocycles. The second-order valence-electron chi connectivity index (χ2n) is 5.79. The Morgan fingerprint density at radius 3 is 2.62 bits per heavy atom. The Hall–Kier alpha value is -2.37. The number of halogens is 1. The van der Waals surface area contributed by atoms with Gasteiger partial charge in [-0.25, -0.2) is 9.18 Å². The summed E-state index contributed by atoms with van der Waals surface area (Å²) < 4.78 is 18.3. The first-order valence-electron chi connectivity index (χ1n) is 8.06. The molecule has 0 bridgehead atoms. The number of rotatable bonds is 8. The van der Waals surface area contributed by atoms with Gasteiger partial charge in [-0.1, -0.05) is 32.0 Å². The van der Waals surface area contributed by atoms with Crippen LogP contribution in [0.2, 0.25) is 0 Å². The van der Waals surface area contributed by atoms with E-state index in [4.69, 9.17) is 4.74 Å². The number of ether oxygens (including phenoxy) is 1. The number of hydrogen-bond donors (Lipinski definition) is 2. The molecule has 0 heterocycles. The monoisotopic (exact) mass is 336 g/mol. The lowest BCUT2D eigenvalue weighted by molar-refractivity contribution is -0.116. The average molecular weight is 336 g/mol. The van der Waals surface area contributed by atoms with Gasteiger partial charge in [-0.05, 0) is 31.4 Å². The first-order chi connectivity index (χ1) is 11.4. The van der Waals surface area contributed by atoms with Crippen molar-refractivity contribution in [3.05, 3.63) is 41.7 Å². The molecular weight excluding hydrogens is 311 g/mol. The van der Waals surface area contributed by atoms with Crippen LogP contribution < -0.4 is 10.6 Å². The van der Waals surface area contributed by atoms with Crippen molar-refractivity contribution in [1.82, 2.24) is 10.6 Å². The molecule has 1 atom stereocenters.